The predicted molar refractivity (Wildman–Crippen MR) is 86.9 cm³/mol. The Bertz CT molecular complexity index is 770. The van der Waals surface area contributed by atoms with Crippen molar-refractivity contribution >= 4 is 17.7 Å². The Labute approximate surface area is 149 Å². The number of hydrogen-bond donors (Lipinski definition) is 1. The highest BCUT2D eigenvalue weighted by Crippen LogP contribution is 2.23. The summed E-state index contributed by atoms with van der Waals surface area (Å²) >= 11 is 0. The van der Waals surface area contributed by atoms with E-state index in [1.165, 1.54) is 24.3 Å². The maximum Gasteiger partial charge on any atom is 0.305 e. The third-order valence-electron chi connectivity index (χ3n) is 3.43. The summed E-state index contributed by atoms with van der Waals surface area (Å²) in [5, 5.41) is 10.1. The van der Waals surface area contributed by atoms with Crippen LogP contribution in [0.4, 0.5) is 0 Å². The van der Waals surface area contributed by atoms with Gasteiger partial charge in [-0.2, -0.15) is 0 Å². The van der Waals surface area contributed by atoms with Gasteiger partial charge in [0.25, 0.3) is 0 Å². The molecule has 8 heteroatoms. The molecule has 0 fully saturated rings. The van der Waals surface area contributed by atoms with Crippen molar-refractivity contribution in [3.8, 4) is 0 Å². The summed E-state index contributed by atoms with van der Waals surface area (Å²) in [5.41, 5.74) is 0. The largest absolute Gasteiger partial charge is 0.459 e. The molecule has 140 valence electrons. The second-order valence-corrected chi connectivity index (χ2v) is 5.37. The average molecular weight is 364 g/mol. The molecule has 2 aromatic rings. The van der Waals surface area contributed by atoms with Gasteiger partial charge in [0.1, 0.15) is 30.5 Å². The van der Waals surface area contributed by atoms with Crippen LogP contribution in [-0.2, 0) is 32.3 Å². The average Bonchev–Trinajstić information content (AvgIpc) is 3.32. The molecule has 0 saturated carbocycles. The lowest BCUT2D eigenvalue weighted by molar-refractivity contribution is -0.146. The SMILES string of the molecule is CCC(=O)OCc1ccc(C(=O)C(O)c2ccc(COC(=O)CC)o2)o1. The molecule has 0 aliphatic heterocycles. The van der Waals surface area contributed by atoms with Crippen LogP contribution < -0.4 is 0 Å². The van der Waals surface area contributed by atoms with Crippen molar-refractivity contribution in [2.24, 2.45) is 0 Å². The maximum absolute atomic E-state index is 12.3. The van der Waals surface area contributed by atoms with Gasteiger partial charge in [-0.05, 0) is 24.3 Å². The highest BCUT2D eigenvalue weighted by Gasteiger charge is 2.25. The van der Waals surface area contributed by atoms with Gasteiger partial charge >= 0.3 is 11.9 Å². The van der Waals surface area contributed by atoms with Gasteiger partial charge in [-0.3, -0.25) is 14.4 Å². The Morgan fingerprint density at radius 1 is 0.923 bits per heavy atom. The van der Waals surface area contributed by atoms with Crippen molar-refractivity contribution in [1.29, 1.82) is 0 Å². The second kappa shape index (κ2) is 9.00. The highest BCUT2D eigenvalue weighted by molar-refractivity contribution is 5.97. The fraction of sp³-hybridized carbons (Fsp3) is 0.389. The number of rotatable bonds is 9. The summed E-state index contributed by atoms with van der Waals surface area (Å²) in [6.07, 6.45) is -1.09. The minimum absolute atomic E-state index is 0.00732. The smallest absolute Gasteiger partial charge is 0.305 e. The molecule has 2 heterocycles. The van der Waals surface area contributed by atoms with Crippen molar-refractivity contribution < 1.29 is 37.8 Å². The third-order valence-corrected chi connectivity index (χ3v) is 3.43. The summed E-state index contributed by atoms with van der Waals surface area (Å²) < 4.78 is 20.4. The Morgan fingerprint density at radius 2 is 1.46 bits per heavy atom. The zero-order valence-electron chi connectivity index (χ0n) is 14.5. The molecule has 0 aliphatic rings. The van der Waals surface area contributed by atoms with Gasteiger partial charge in [0.2, 0.25) is 5.78 Å². The number of aliphatic hydroxyl groups excluding tert-OH is 1. The Balaban J connectivity index is 1.97. The first-order chi connectivity index (χ1) is 12.4. The van der Waals surface area contributed by atoms with Crippen LogP contribution in [0.1, 0.15) is 60.6 Å². The van der Waals surface area contributed by atoms with Crippen LogP contribution in [0.5, 0.6) is 0 Å². The molecule has 0 amide bonds. The van der Waals surface area contributed by atoms with E-state index >= 15 is 0 Å². The fourth-order valence-electron chi connectivity index (χ4n) is 1.98. The normalized spacial score (nSPS) is 11.8. The van der Waals surface area contributed by atoms with E-state index in [4.69, 9.17) is 18.3 Å². The minimum atomic E-state index is -1.57. The zero-order valence-corrected chi connectivity index (χ0v) is 14.5. The summed E-state index contributed by atoms with van der Waals surface area (Å²) in [6, 6.07) is 5.80. The van der Waals surface area contributed by atoms with E-state index in [-0.39, 0.29) is 55.3 Å². The monoisotopic (exact) mass is 364 g/mol. The summed E-state index contributed by atoms with van der Waals surface area (Å²) in [7, 11) is 0. The van der Waals surface area contributed by atoms with Crippen LogP contribution in [-0.4, -0.2) is 22.8 Å². The van der Waals surface area contributed by atoms with Crippen molar-refractivity contribution in [3.05, 3.63) is 47.3 Å². The number of Topliss-reactive ketones (excluding diaryl/α,β-unsaturated/α-hetero) is 1. The van der Waals surface area contributed by atoms with Gasteiger partial charge in [0.15, 0.2) is 11.9 Å². The van der Waals surface area contributed by atoms with E-state index in [1.807, 2.05) is 0 Å². The summed E-state index contributed by atoms with van der Waals surface area (Å²) in [5.74, 6) is -0.963. The Morgan fingerprint density at radius 3 is 2.04 bits per heavy atom. The van der Waals surface area contributed by atoms with Gasteiger partial charge in [-0.15, -0.1) is 0 Å². The molecule has 8 nitrogen and oxygen atoms in total. The molecule has 1 N–H and O–H groups in total. The van der Waals surface area contributed by atoms with Crippen LogP contribution >= 0.6 is 0 Å². The molecule has 0 bridgehead atoms. The number of furan rings is 2. The number of carbonyl (C=O) groups is 3. The molecule has 1 atom stereocenters. The first-order valence-electron chi connectivity index (χ1n) is 8.15. The van der Waals surface area contributed by atoms with E-state index in [0.29, 0.717) is 5.76 Å². The fourth-order valence-corrected chi connectivity index (χ4v) is 1.98. The topological polar surface area (TPSA) is 116 Å². The molecule has 0 spiro atoms. The van der Waals surface area contributed by atoms with Crippen molar-refractivity contribution in [2.75, 3.05) is 0 Å². The van der Waals surface area contributed by atoms with Crippen molar-refractivity contribution in [1.82, 2.24) is 0 Å². The van der Waals surface area contributed by atoms with Gasteiger partial charge in [-0.1, -0.05) is 13.8 Å². The maximum atomic E-state index is 12.3. The van der Waals surface area contributed by atoms with Crippen LogP contribution in [0.3, 0.4) is 0 Å². The van der Waals surface area contributed by atoms with Crippen LogP contribution in [0.2, 0.25) is 0 Å². The lowest BCUT2D eigenvalue weighted by Crippen LogP contribution is -2.11. The lowest BCUT2D eigenvalue weighted by Gasteiger charge is -2.05. The van der Waals surface area contributed by atoms with Gasteiger partial charge in [0.05, 0.1) is 0 Å². The zero-order chi connectivity index (χ0) is 19.1. The summed E-state index contributed by atoms with van der Waals surface area (Å²) in [6.45, 7) is 3.15. The number of ether oxygens (including phenoxy) is 2. The number of ketones is 1. The van der Waals surface area contributed by atoms with E-state index in [2.05, 4.69) is 0 Å². The molecule has 26 heavy (non-hydrogen) atoms. The van der Waals surface area contributed by atoms with Gasteiger partial charge < -0.3 is 23.4 Å². The number of hydrogen-bond acceptors (Lipinski definition) is 8. The molecular formula is C18H20O8. The van der Waals surface area contributed by atoms with E-state index in [9.17, 15) is 19.5 Å². The number of carbonyl (C=O) groups excluding carboxylic acids is 3. The van der Waals surface area contributed by atoms with Crippen molar-refractivity contribution in [2.45, 2.75) is 46.0 Å². The lowest BCUT2D eigenvalue weighted by atomic mass is 10.1. The quantitative estimate of drug-likeness (QED) is 0.533. The van der Waals surface area contributed by atoms with E-state index in [1.54, 1.807) is 13.8 Å². The van der Waals surface area contributed by atoms with Crippen LogP contribution in [0.15, 0.2) is 33.1 Å². The predicted octanol–water partition coefficient (Wildman–Crippen LogP) is 2.70. The van der Waals surface area contributed by atoms with Crippen molar-refractivity contribution in [3.63, 3.8) is 0 Å². The van der Waals surface area contributed by atoms with Crippen LogP contribution in [0.25, 0.3) is 0 Å². The molecule has 2 rings (SSSR count). The molecule has 2 aromatic heterocycles. The summed E-state index contributed by atoms with van der Waals surface area (Å²) in [4.78, 5) is 34.5. The minimum Gasteiger partial charge on any atom is -0.459 e. The first kappa shape index (κ1) is 19.5. The molecule has 0 aromatic carbocycles. The van der Waals surface area contributed by atoms with E-state index in [0.717, 1.165) is 0 Å². The number of esters is 2. The number of aliphatic hydroxyl groups is 1. The Kier molecular flexibility index (Phi) is 6.74. The van der Waals surface area contributed by atoms with Crippen LogP contribution in [0, 0.1) is 0 Å². The standard InChI is InChI=1S/C18H20O8/c1-3-15(19)23-9-11-5-7-13(25-11)17(21)18(22)14-8-6-12(26-14)10-24-16(20)4-2/h5-8,17,21H,3-4,9-10H2,1-2H3. The van der Waals surface area contributed by atoms with Gasteiger partial charge in [-0.25, -0.2) is 0 Å². The molecular weight excluding hydrogens is 344 g/mol. The van der Waals surface area contributed by atoms with E-state index < -0.39 is 11.9 Å². The van der Waals surface area contributed by atoms with Gasteiger partial charge in [0, 0.05) is 12.8 Å². The Hall–Kier alpha value is -2.87. The molecule has 0 aliphatic carbocycles. The molecule has 1 unspecified atom stereocenters. The third kappa shape index (κ3) is 5.06. The molecule has 0 saturated heterocycles. The molecule has 0 radical (unpaired) electrons. The second-order valence-electron chi connectivity index (χ2n) is 5.37. The first-order valence-corrected chi connectivity index (χ1v) is 8.15. The highest BCUT2D eigenvalue weighted by atomic mass is 16.5.